The van der Waals surface area contributed by atoms with Crippen LogP contribution in [0.15, 0.2) is 0 Å². The maximum absolute atomic E-state index is 11.8. The Kier molecular flexibility index (Phi) is 4.40. The molecule has 1 N–H and O–H groups in total. The van der Waals surface area contributed by atoms with Crippen LogP contribution in [0.4, 0.5) is 0 Å². The number of hydrogen-bond acceptors (Lipinski definition) is 9. The van der Waals surface area contributed by atoms with Crippen LogP contribution in [0.2, 0.25) is 0 Å². The van der Waals surface area contributed by atoms with Gasteiger partial charge in [0.15, 0.2) is 0 Å². The quantitative estimate of drug-likeness (QED) is 0.412. The number of rotatable bonds is 9. The molecule has 0 spiro atoms. The Morgan fingerprint density at radius 3 is 1.57 bits per heavy atom. The van der Waals surface area contributed by atoms with Crippen LogP contribution < -0.4 is 15.3 Å². The summed E-state index contributed by atoms with van der Waals surface area (Å²) in [6.07, 6.45) is -4.22. The predicted molar refractivity (Wildman–Crippen MR) is 64.9 cm³/mol. The van der Waals surface area contributed by atoms with Crippen LogP contribution in [-0.4, -0.2) is 53.0 Å². The summed E-state index contributed by atoms with van der Waals surface area (Å²) in [5, 5.41) is 44.6. The molecule has 0 saturated carbocycles. The van der Waals surface area contributed by atoms with Gasteiger partial charge in [-0.05, 0) is 26.7 Å². The molecule has 2 saturated heterocycles. The third-order valence-corrected chi connectivity index (χ3v) is 4.69. The van der Waals surface area contributed by atoms with Gasteiger partial charge in [0.1, 0.15) is 5.60 Å². The van der Waals surface area contributed by atoms with E-state index in [9.17, 15) is 34.8 Å². The van der Waals surface area contributed by atoms with Crippen molar-refractivity contribution < 1.29 is 44.3 Å². The number of carboxylic acids is 3. The first-order valence-electron chi connectivity index (χ1n) is 7.19. The molecule has 2 aliphatic rings. The van der Waals surface area contributed by atoms with Gasteiger partial charge in [0.2, 0.25) is 0 Å². The lowest BCUT2D eigenvalue weighted by molar-refractivity contribution is -0.358. The molecule has 0 bridgehead atoms. The van der Waals surface area contributed by atoms with Crippen molar-refractivity contribution >= 4 is 17.9 Å². The van der Waals surface area contributed by atoms with E-state index in [1.165, 1.54) is 0 Å². The van der Waals surface area contributed by atoms with Gasteiger partial charge in [-0.2, -0.15) is 0 Å². The summed E-state index contributed by atoms with van der Waals surface area (Å²) < 4.78 is 10.2. The first-order valence-corrected chi connectivity index (χ1v) is 7.19. The molecule has 0 aliphatic carbocycles. The van der Waals surface area contributed by atoms with Crippen LogP contribution in [0.3, 0.4) is 0 Å². The Morgan fingerprint density at radius 1 is 0.957 bits per heavy atom. The fourth-order valence-electron chi connectivity index (χ4n) is 2.98. The molecule has 9 nitrogen and oxygen atoms in total. The van der Waals surface area contributed by atoms with E-state index in [0.717, 1.165) is 0 Å². The van der Waals surface area contributed by atoms with E-state index in [1.807, 2.05) is 0 Å². The predicted octanol–water partition coefficient (Wildman–Crippen LogP) is -4.30. The number of aliphatic hydroxyl groups is 1. The van der Waals surface area contributed by atoms with E-state index in [2.05, 4.69) is 0 Å². The highest BCUT2D eigenvalue weighted by atomic mass is 16.6. The molecule has 2 heterocycles. The van der Waals surface area contributed by atoms with E-state index >= 15 is 0 Å². The molecule has 9 heteroatoms. The largest absolute Gasteiger partial charge is 0.550 e. The lowest BCUT2D eigenvalue weighted by atomic mass is 9.64. The fourth-order valence-corrected chi connectivity index (χ4v) is 2.98. The van der Waals surface area contributed by atoms with Crippen LogP contribution in [0.1, 0.15) is 33.1 Å². The number of carboxylic acid groups (broad SMARTS) is 3. The molecular weight excluding hydrogens is 312 g/mol. The third-order valence-electron chi connectivity index (χ3n) is 4.69. The van der Waals surface area contributed by atoms with Crippen LogP contribution in [-0.2, 0) is 23.9 Å². The molecule has 0 aromatic heterocycles. The van der Waals surface area contributed by atoms with Crippen LogP contribution >= 0.6 is 0 Å². The summed E-state index contributed by atoms with van der Waals surface area (Å²) in [5.74, 6) is -6.03. The van der Waals surface area contributed by atoms with Crippen molar-refractivity contribution in [2.75, 3.05) is 0 Å². The van der Waals surface area contributed by atoms with Gasteiger partial charge in [-0.15, -0.1) is 0 Å². The normalized spacial score (nSPS) is 34.0. The van der Waals surface area contributed by atoms with E-state index in [1.54, 1.807) is 13.8 Å². The molecule has 2 rings (SSSR count). The first kappa shape index (κ1) is 17.6. The molecule has 0 aromatic carbocycles. The van der Waals surface area contributed by atoms with Crippen molar-refractivity contribution in [2.24, 2.45) is 5.41 Å². The number of carbonyl (C=O) groups is 3. The average molecular weight is 329 g/mol. The zero-order valence-electron chi connectivity index (χ0n) is 12.6. The van der Waals surface area contributed by atoms with Crippen molar-refractivity contribution in [3.05, 3.63) is 0 Å². The zero-order chi connectivity index (χ0) is 17.6. The molecular formula is C14H17O9-3. The summed E-state index contributed by atoms with van der Waals surface area (Å²) in [6, 6.07) is 0. The number of ether oxygens (including phenoxy) is 2. The number of aliphatic carboxylic acids is 3. The van der Waals surface area contributed by atoms with Gasteiger partial charge in [0.25, 0.3) is 0 Å². The van der Waals surface area contributed by atoms with Crippen LogP contribution in [0.5, 0.6) is 0 Å². The lowest BCUT2D eigenvalue weighted by Gasteiger charge is -2.48. The second-order valence-corrected chi connectivity index (χ2v) is 6.23. The molecule has 130 valence electrons. The summed E-state index contributed by atoms with van der Waals surface area (Å²) in [7, 11) is 0. The zero-order valence-corrected chi connectivity index (χ0v) is 12.6. The van der Waals surface area contributed by atoms with Crippen molar-refractivity contribution in [2.45, 2.75) is 63.1 Å². The van der Waals surface area contributed by atoms with Gasteiger partial charge in [0.05, 0.1) is 36.4 Å². The number of epoxide rings is 2. The smallest absolute Gasteiger partial charge is 0.120 e. The van der Waals surface area contributed by atoms with Gasteiger partial charge < -0.3 is 44.3 Å². The number of hydrogen-bond donors (Lipinski definition) is 1. The average Bonchev–Trinajstić information content (AvgIpc) is 3.28. The third kappa shape index (κ3) is 3.17. The SMILES string of the molecule is CC1OC1CC(CC1OC1C)(C(=O)[O-])C(O)(CC(=O)[O-])C(=O)[O-]. The fraction of sp³-hybridized carbons (Fsp3) is 0.786. The van der Waals surface area contributed by atoms with Crippen molar-refractivity contribution in [3.63, 3.8) is 0 Å². The second kappa shape index (κ2) is 5.73. The highest BCUT2D eigenvalue weighted by Crippen LogP contribution is 2.49. The monoisotopic (exact) mass is 329 g/mol. The molecule has 0 amide bonds. The minimum Gasteiger partial charge on any atom is -0.550 e. The Morgan fingerprint density at radius 2 is 1.35 bits per heavy atom. The maximum Gasteiger partial charge on any atom is 0.120 e. The summed E-state index contributed by atoms with van der Waals surface area (Å²) in [6.45, 7) is 3.27. The molecule has 2 aliphatic heterocycles. The minimum atomic E-state index is -3.21. The minimum absolute atomic E-state index is 0.333. The van der Waals surface area contributed by atoms with Gasteiger partial charge in [-0.3, -0.25) is 0 Å². The van der Waals surface area contributed by atoms with E-state index < -0.39 is 60.4 Å². The molecule has 23 heavy (non-hydrogen) atoms. The Hall–Kier alpha value is -1.71. The molecule has 2 fully saturated rings. The highest BCUT2D eigenvalue weighted by molar-refractivity contribution is 5.90. The van der Waals surface area contributed by atoms with E-state index in [0.29, 0.717) is 0 Å². The van der Waals surface area contributed by atoms with Gasteiger partial charge >= 0.3 is 0 Å². The van der Waals surface area contributed by atoms with Crippen molar-refractivity contribution in [1.29, 1.82) is 0 Å². The van der Waals surface area contributed by atoms with Crippen LogP contribution in [0, 0.1) is 5.41 Å². The topological polar surface area (TPSA) is 166 Å². The highest BCUT2D eigenvalue weighted by Gasteiger charge is 2.59. The Labute approximate surface area is 131 Å². The number of carbonyl (C=O) groups excluding carboxylic acids is 3. The maximum atomic E-state index is 11.8. The molecule has 5 atom stereocenters. The lowest BCUT2D eigenvalue weighted by Crippen LogP contribution is -2.67. The molecule has 5 unspecified atom stereocenters. The summed E-state index contributed by atoms with van der Waals surface area (Å²) >= 11 is 0. The van der Waals surface area contributed by atoms with Crippen molar-refractivity contribution in [3.8, 4) is 0 Å². The van der Waals surface area contributed by atoms with E-state index in [4.69, 9.17) is 9.47 Å². The summed E-state index contributed by atoms with van der Waals surface area (Å²) in [5.41, 5.74) is -5.64. The van der Waals surface area contributed by atoms with Gasteiger partial charge in [0, 0.05) is 17.8 Å². The summed E-state index contributed by atoms with van der Waals surface area (Å²) in [4.78, 5) is 34.1. The van der Waals surface area contributed by atoms with Crippen molar-refractivity contribution in [1.82, 2.24) is 0 Å². The van der Waals surface area contributed by atoms with Gasteiger partial charge in [-0.1, -0.05) is 0 Å². The molecule has 0 aromatic rings. The Bertz CT molecular complexity index is 512. The second-order valence-electron chi connectivity index (χ2n) is 6.23. The van der Waals surface area contributed by atoms with E-state index in [-0.39, 0.29) is 12.2 Å². The van der Waals surface area contributed by atoms with Crippen LogP contribution in [0.25, 0.3) is 0 Å². The van der Waals surface area contributed by atoms with Gasteiger partial charge in [-0.25, -0.2) is 0 Å². The molecule has 0 radical (unpaired) electrons. The first-order chi connectivity index (χ1) is 10.5. The Balaban J connectivity index is 2.44. The standard InChI is InChI=1S/C14H20O9/c1-6-8(22-6)3-13(11(17)18,4-9-7(2)23-9)14(21,12(19)20)5-10(15)16/h6-9,21H,3-5H2,1-2H3,(H,15,16)(H,17,18)(H,19,20)/p-3.